The Kier molecular flexibility index (Phi) is 10.2. The molecule has 2 heterocycles. The second-order valence-corrected chi connectivity index (χ2v) is 10.1. The summed E-state index contributed by atoms with van der Waals surface area (Å²) in [4.78, 5) is 16.3. The van der Waals surface area contributed by atoms with Crippen LogP contribution < -0.4 is 14.2 Å². The lowest BCUT2D eigenvalue weighted by Gasteiger charge is -2.30. The van der Waals surface area contributed by atoms with Gasteiger partial charge in [-0.25, -0.2) is 4.39 Å². The smallest absolute Gasteiger partial charge is 0.222 e. The van der Waals surface area contributed by atoms with E-state index in [1.165, 1.54) is 12.1 Å². The van der Waals surface area contributed by atoms with Crippen LogP contribution in [-0.4, -0.2) is 86.1 Å². The molecule has 4 rings (SSSR count). The molecule has 2 aromatic carbocycles. The summed E-state index contributed by atoms with van der Waals surface area (Å²) >= 11 is 0. The highest BCUT2D eigenvalue weighted by atomic mass is 19.1. The van der Waals surface area contributed by atoms with E-state index in [2.05, 4.69) is 4.90 Å². The van der Waals surface area contributed by atoms with E-state index in [1.54, 1.807) is 19.2 Å². The van der Waals surface area contributed by atoms with Crippen molar-refractivity contribution in [1.82, 2.24) is 9.80 Å². The predicted molar refractivity (Wildman–Crippen MR) is 141 cm³/mol. The molecule has 8 nitrogen and oxygen atoms in total. The Hall–Kier alpha value is -2.88. The number of likely N-dealkylation sites (tertiary alicyclic amines) is 1. The third kappa shape index (κ3) is 8.31. The Morgan fingerprint density at radius 2 is 1.89 bits per heavy atom. The van der Waals surface area contributed by atoms with Crippen molar-refractivity contribution >= 4 is 5.91 Å². The molecule has 208 valence electrons. The molecule has 1 N–H and O–H groups in total. The van der Waals surface area contributed by atoms with Crippen molar-refractivity contribution in [2.45, 2.75) is 44.2 Å². The topological polar surface area (TPSA) is 80.7 Å². The maximum Gasteiger partial charge on any atom is 0.222 e. The molecule has 38 heavy (non-hydrogen) atoms. The quantitative estimate of drug-likeness (QED) is 0.444. The normalized spacial score (nSPS) is 21.0. The molecule has 0 bridgehead atoms. The van der Waals surface area contributed by atoms with Crippen LogP contribution in [0.15, 0.2) is 42.5 Å². The lowest BCUT2D eigenvalue weighted by atomic mass is 10.1. The fourth-order valence-corrected chi connectivity index (χ4v) is 4.87. The summed E-state index contributed by atoms with van der Waals surface area (Å²) in [5.41, 5.74) is -0.186. The molecular weight excluding hydrogens is 491 g/mol. The molecule has 0 spiro atoms. The first-order valence-corrected chi connectivity index (χ1v) is 13.4. The van der Waals surface area contributed by atoms with Crippen LogP contribution in [0.5, 0.6) is 17.2 Å². The van der Waals surface area contributed by atoms with Gasteiger partial charge in [-0.3, -0.25) is 9.69 Å². The number of hydrogen-bond acceptors (Lipinski definition) is 7. The Morgan fingerprint density at radius 3 is 2.71 bits per heavy atom. The monoisotopic (exact) mass is 530 g/mol. The maximum absolute atomic E-state index is 13.2. The van der Waals surface area contributed by atoms with Crippen molar-refractivity contribution in [2.24, 2.45) is 0 Å². The van der Waals surface area contributed by atoms with Gasteiger partial charge >= 0.3 is 0 Å². The summed E-state index contributed by atoms with van der Waals surface area (Å²) in [6.45, 7) is 4.31. The van der Waals surface area contributed by atoms with E-state index < -0.39 is 5.60 Å². The molecule has 0 radical (unpaired) electrons. The van der Waals surface area contributed by atoms with Gasteiger partial charge < -0.3 is 29.0 Å². The molecule has 1 atom stereocenters. The highest BCUT2D eigenvalue weighted by molar-refractivity contribution is 5.76. The Labute approximate surface area is 224 Å². The number of benzene rings is 2. The van der Waals surface area contributed by atoms with Crippen LogP contribution in [0.2, 0.25) is 0 Å². The van der Waals surface area contributed by atoms with E-state index >= 15 is 0 Å². The number of β-amino-alcohol motifs (C(OH)–C–C–N with tert-alkyl or cyclic N) is 1. The maximum atomic E-state index is 13.2. The molecule has 9 heteroatoms. The number of halogens is 1. The predicted octanol–water partition coefficient (Wildman–Crippen LogP) is 3.65. The largest absolute Gasteiger partial charge is 0.493 e. The zero-order chi connectivity index (χ0) is 26.8. The number of amides is 1. The number of nitrogens with zero attached hydrogens (tertiary/aromatic N) is 2. The number of ether oxygens (including phenoxy) is 4. The van der Waals surface area contributed by atoms with E-state index in [0.29, 0.717) is 63.1 Å². The summed E-state index contributed by atoms with van der Waals surface area (Å²) in [6, 6.07) is 11.6. The zero-order valence-electron chi connectivity index (χ0n) is 22.2. The van der Waals surface area contributed by atoms with Crippen molar-refractivity contribution in [3.8, 4) is 17.2 Å². The van der Waals surface area contributed by atoms with Crippen molar-refractivity contribution in [1.29, 1.82) is 0 Å². The van der Waals surface area contributed by atoms with Gasteiger partial charge in [0.2, 0.25) is 5.91 Å². The molecule has 2 fully saturated rings. The van der Waals surface area contributed by atoms with Gasteiger partial charge in [-0.2, -0.15) is 0 Å². The lowest BCUT2D eigenvalue weighted by molar-refractivity contribution is -0.130. The summed E-state index contributed by atoms with van der Waals surface area (Å²) < 4.78 is 36.2. The first kappa shape index (κ1) is 28.1. The minimum absolute atomic E-state index is 0.0334. The van der Waals surface area contributed by atoms with Crippen LogP contribution in [0.3, 0.4) is 0 Å². The van der Waals surface area contributed by atoms with Crippen molar-refractivity contribution in [3.63, 3.8) is 0 Å². The summed E-state index contributed by atoms with van der Waals surface area (Å²) in [5.74, 6) is 1.71. The van der Waals surface area contributed by atoms with Gasteiger partial charge in [-0.05, 0) is 61.2 Å². The number of aliphatic hydroxyl groups is 1. The molecular formula is C29H39FN2O6. The van der Waals surface area contributed by atoms with Crippen LogP contribution in [0, 0.1) is 5.82 Å². The zero-order valence-corrected chi connectivity index (χ0v) is 22.2. The minimum atomic E-state index is -1.21. The molecule has 0 aromatic heterocycles. The molecule has 0 saturated carbocycles. The van der Waals surface area contributed by atoms with E-state index in [4.69, 9.17) is 18.9 Å². The van der Waals surface area contributed by atoms with E-state index in [-0.39, 0.29) is 24.9 Å². The molecule has 1 amide bonds. The third-order valence-electron chi connectivity index (χ3n) is 6.90. The van der Waals surface area contributed by atoms with E-state index in [1.807, 2.05) is 23.1 Å². The number of rotatable bonds is 11. The molecule has 2 aliphatic heterocycles. The third-order valence-corrected chi connectivity index (χ3v) is 6.90. The van der Waals surface area contributed by atoms with Crippen LogP contribution >= 0.6 is 0 Å². The molecule has 0 unspecified atom stereocenters. The fourth-order valence-electron chi connectivity index (χ4n) is 4.87. The lowest BCUT2D eigenvalue weighted by Crippen LogP contribution is -2.48. The summed E-state index contributed by atoms with van der Waals surface area (Å²) in [5, 5.41) is 11.2. The molecule has 0 aliphatic carbocycles. The van der Waals surface area contributed by atoms with Crippen LogP contribution in [0.25, 0.3) is 0 Å². The fraction of sp³-hybridized carbons (Fsp3) is 0.552. The van der Waals surface area contributed by atoms with Crippen molar-refractivity contribution < 1.29 is 33.2 Å². The van der Waals surface area contributed by atoms with Gasteiger partial charge in [0.05, 0.1) is 26.9 Å². The average molecular weight is 531 g/mol. The standard InChI is InChI=1S/C29H39FN2O6/c1-35-26-12-7-23(18-27(26)37-16-5-14-32-13-4-2-3-6-28(32)33)19-31-15-17-36-21-29(34,20-31)22-38-25-10-8-24(30)9-11-25/h7-12,18,34H,2-6,13-17,19-22H2,1H3/t29-/m0/s1. The average Bonchev–Trinajstić information content (AvgIpc) is 3.23. The van der Waals surface area contributed by atoms with Crippen molar-refractivity contribution in [3.05, 3.63) is 53.8 Å². The second kappa shape index (κ2) is 13.8. The SMILES string of the molecule is COc1ccc(CN2CCOC[C@](O)(COc3ccc(F)cc3)C2)cc1OCCCN1CCCCCC1=O. The van der Waals surface area contributed by atoms with Crippen molar-refractivity contribution in [2.75, 3.05) is 59.7 Å². The Morgan fingerprint density at radius 1 is 1.05 bits per heavy atom. The second-order valence-electron chi connectivity index (χ2n) is 10.1. The number of carbonyl (C=O) groups excluding carboxylic acids is 1. The van der Waals surface area contributed by atoms with Gasteiger partial charge in [-0.15, -0.1) is 0 Å². The van der Waals surface area contributed by atoms with Crippen LogP contribution in [-0.2, 0) is 16.1 Å². The molecule has 2 aromatic rings. The Bertz CT molecular complexity index is 1040. The van der Waals surface area contributed by atoms with Gasteiger partial charge in [0.15, 0.2) is 11.5 Å². The van der Waals surface area contributed by atoms with Gasteiger partial charge in [-0.1, -0.05) is 12.5 Å². The first-order valence-electron chi connectivity index (χ1n) is 13.4. The van der Waals surface area contributed by atoms with Crippen LogP contribution in [0.4, 0.5) is 4.39 Å². The number of carbonyl (C=O) groups is 1. The first-order chi connectivity index (χ1) is 18.4. The number of methoxy groups -OCH3 is 1. The minimum Gasteiger partial charge on any atom is -0.493 e. The van der Waals surface area contributed by atoms with Gasteiger partial charge in [0.25, 0.3) is 0 Å². The molecule has 2 saturated heterocycles. The van der Waals surface area contributed by atoms with E-state index in [0.717, 1.165) is 37.8 Å². The highest BCUT2D eigenvalue weighted by Crippen LogP contribution is 2.29. The summed E-state index contributed by atoms with van der Waals surface area (Å²) in [7, 11) is 1.62. The molecule has 2 aliphatic rings. The summed E-state index contributed by atoms with van der Waals surface area (Å²) in [6.07, 6.45) is 4.56. The highest BCUT2D eigenvalue weighted by Gasteiger charge is 2.33. The van der Waals surface area contributed by atoms with Gasteiger partial charge in [0, 0.05) is 39.1 Å². The van der Waals surface area contributed by atoms with E-state index in [9.17, 15) is 14.3 Å². The van der Waals surface area contributed by atoms with Gasteiger partial charge in [0.1, 0.15) is 23.8 Å². The van der Waals surface area contributed by atoms with Crippen LogP contribution in [0.1, 0.15) is 37.7 Å². The number of hydrogen-bond donors (Lipinski definition) is 1. The Balaban J connectivity index is 1.32.